The van der Waals surface area contributed by atoms with Crippen LogP contribution in [-0.4, -0.2) is 27.3 Å². The third kappa shape index (κ3) is 1.63. The van der Waals surface area contributed by atoms with Crippen LogP contribution in [0.4, 0.5) is 5.82 Å². The zero-order valence-corrected chi connectivity index (χ0v) is 7.97. The molecule has 1 aromatic heterocycles. The van der Waals surface area contributed by atoms with Gasteiger partial charge in [-0.25, -0.2) is 4.98 Å². The first-order chi connectivity index (χ1) is 6.72. The molecule has 2 N–H and O–H groups in total. The van der Waals surface area contributed by atoms with E-state index in [2.05, 4.69) is 10.3 Å². The number of hydrogen-bond donors (Lipinski definition) is 2. The number of aromatic nitrogens is 2. The molecular weight excluding hydrogens is 182 g/mol. The van der Waals surface area contributed by atoms with Crippen LogP contribution in [-0.2, 0) is 7.05 Å². The fourth-order valence-electron chi connectivity index (χ4n) is 1.40. The van der Waals surface area contributed by atoms with E-state index in [9.17, 15) is 4.79 Å². The summed E-state index contributed by atoms with van der Waals surface area (Å²) in [5, 5.41) is 11.9. The molecule has 1 fully saturated rings. The van der Waals surface area contributed by atoms with E-state index in [4.69, 9.17) is 5.11 Å². The van der Waals surface area contributed by atoms with Crippen LogP contribution in [0.2, 0.25) is 0 Å². The summed E-state index contributed by atoms with van der Waals surface area (Å²) in [6, 6.07) is 0.211. The molecular formula is C9H13N3O2. The molecule has 1 heterocycles. The smallest absolute Gasteiger partial charge is 0.293 e. The van der Waals surface area contributed by atoms with E-state index in [0.29, 0.717) is 5.82 Å². The minimum absolute atomic E-state index is 0.129. The maximum atomic E-state index is 11.5. The van der Waals surface area contributed by atoms with Crippen LogP contribution in [0.25, 0.3) is 0 Å². The Bertz CT molecular complexity index is 388. The second-order valence-corrected chi connectivity index (χ2v) is 3.62. The Kier molecular flexibility index (Phi) is 2.25. The lowest BCUT2D eigenvalue weighted by atomic mass is 10.4. The average Bonchev–Trinajstić information content (AvgIpc) is 2.92. The predicted molar refractivity (Wildman–Crippen MR) is 52.1 cm³/mol. The Balaban J connectivity index is 2.11. The summed E-state index contributed by atoms with van der Waals surface area (Å²) < 4.78 is 1.48. The van der Waals surface area contributed by atoms with Crippen molar-refractivity contribution in [3.8, 4) is 0 Å². The molecule has 0 amide bonds. The molecule has 0 bridgehead atoms. The van der Waals surface area contributed by atoms with Crippen LogP contribution in [0.15, 0.2) is 17.2 Å². The summed E-state index contributed by atoms with van der Waals surface area (Å²) in [4.78, 5) is 15.5. The molecule has 5 heteroatoms. The van der Waals surface area contributed by atoms with E-state index < -0.39 is 0 Å². The molecule has 2 rings (SSSR count). The monoisotopic (exact) mass is 195 g/mol. The highest BCUT2D eigenvalue weighted by atomic mass is 16.3. The molecule has 0 aliphatic heterocycles. The third-order valence-corrected chi connectivity index (χ3v) is 2.50. The first-order valence-electron chi connectivity index (χ1n) is 4.61. The van der Waals surface area contributed by atoms with Gasteiger partial charge in [0.1, 0.15) is 0 Å². The Labute approximate surface area is 81.4 Å². The van der Waals surface area contributed by atoms with Crippen molar-refractivity contribution >= 4 is 5.82 Å². The second-order valence-electron chi connectivity index (χ2n) is 3.62. The zero-order valence-electron chi connectivity index (χ0n) is 7.97. The van der Waals surface area contributed by atoms with E-state index in [1.807, 2.05) is 0 Å². The van der Waals surface area contributed by atoms with Crippen molar-refractivity contribution in [3.63, 3.8) is 0 Å². The Hall–Kier alpha value is -1.36. The quantitative estimate of drug-likeness (QED) is 0.687. The number of rotatable bonds is 3. The van der Waals surface area contributed by atoms with Crippen molar-refractivity contribution in [2.24, 2.45) is 13.0 Å². The third-order valence-electron chi connectivity index (χ3n) is 2.50. The van der Waals surface area contributed by atoms with Crippen LogP contribution in [0, 0.1) is 5.92 Å². The van der Waals surface area contributed by atoms with E-state index in [1.165, 1.54) is 4.57 Å². The van der Waals surface area contributed by atoms with Gasteiger partial charge in [0.15, 0.2) is 5.82 Å². The maximum Gasteiger partial charge on any atom is 0.293 e. The molecule has 2 atom stereocenters. The molecule has 0 spiro atoms. The van der Waals surface area contributed by atoms with Gasteiger partial charge in [-0.1, -0.05) is 0 Å². The molecule has 1 aromatic rings. The predicted octanol–water partition coefficient (Wildman–Crippen LogP) is -0.427. The molecule has 5 nitrogen and oxygen atoms in total. The highest BCUT2D eigenvalue weighted by molar-refractivity contribution is 5.34. The zero-order chi connectivity index (χ0) is 10.1. The minimum atomic E-state index is -0.129. The molecule has 0 radical (unpaired) electrons. The van der Waals surface area contributed by atoms with Crippen LogP contribution in [0.5, 0.6) is 0 Å². The second kappa shape index (κ2) is 3.42. The van der Waals surface area contributed by atoms with Gasteiger partial charge in [0.05, 0.1) is 0 Å². The van der Waals surface area contributed by atoms with E-state index in [0.717, 1.165) is 6.42 Å². The fraction of sp³-hybridized carbons (Fsp3) is 0.556. The van der Waals surface area contributed by atoms with Crippen molar-refractivity contribution in [1.82, 2.24) is 9.55 Å². The highest BCUT2D eigenvalue weighted by Gasteiger charge is 2.36. The molecule has 0 unspecified atom stereocenters. The summed E-state index contributed by atoms with van der Waals surface area (Å²) in [6.07, 6.45) is 4.11. The summed E-state index contributed by atoms with van der Waals surface area (Å²) in [5.74, 6) is 0.651. The summed E-state index contributed by atoms with van der Waals surface area (Å²) >= 11 is 0. The summed E-state index contributed by atoms with van der Waals surface area (Å²) in [5.41, 5.74) is -0.129. The fourth-order valence-corrected chi connectivity index (χ4v) is 1.40. The van der Waals surface area contributed by atoms with Crippen molar-refractivity contribution in [2.75, 3.05) is 11.9 Å². The van der Waals surface area contributed by atoms with E-state index >= 15 is 0 Å². The molecule has 76 valence electrons. The van der Waals surface area contributed by atoms with Gasteiger partial charge in [-0.15, -0.1) is 0 Å². The number of nitrogens with one attached hydrogen (secondary N) is 1. The van der Waals surface area contributed by atoms with Crippen LogP contribution >= 0.6 is 0 Å². The topological polar surface area (TPSA) is 67.2 Å². The molecule has 1 saturated carbocycles. The summed E-state index contributed by atoms with van der Waals surface area (Å²) in [7, 11) is 1.69. The van der Waals surface area contributed by atoms with Crippen molar-refractivity contribution < 1.29 is 5.11 Å². The van der Waals surface area contributed by atoms with Crippen molar-refractivity contribution in [1.29, 1.82) is 0 Å². The summed E-state index contributed by atoms with van der Waals surface area (Å²) in [6.45, 7) is 0.171. The lowest BCUT2D eigenvalue weighted by Crippen LogP contribution is -2.23. The van der Waals surface area contributed by atoms with Gasteiger partial charge in [-0.2, -0.15) is 0 Å². The first kappa shape index (κ1) is 9.21. The van der Waals surface area contributed by atoms with Gasteiger partial charge in [0.25, 0.3) is 5.56 Å². The lowest BCUT2D eigenvalue weighted by Gasteiger charge is -2.04. The van der Waals surface area contributed by atoms with Gasteiger partial charge < -0.3 is 15.0 Å². The number of aliphatic hydroxyl groups excluding tert-OH is 1. The van der Waals surface area contributed by atoms with Crippen LogP contribution in [0.3, 0.4) is 0 Å². The lowest BCUT2D eigenvalue weighted by molar-refractivity contribution is 0.275. The number of nitrogens with zero attached hydrogens (tertiary/aromatic N) is 2. The standard InChI is InChI=1S/C9H13N3O2/c1-12-3-2-10-8(9(12)14)11-7-4-6(7)5-13/h2-3,6-7,13H,4-5H2,1H3,(H,10,11)/t6-,7+/m0/s1. The van der Waals surface area contributed by atoms with Crippen molar-refractivity contribution in [3.05, 3.63) is 22.7 Å². The normalized spacial score (nSPS) is 24.7. The van der Waals surface area contributed by atoms with Crippen LogP contribution < -0.4 is 10.9 Å². The molecule has 14 heavy (non-hydrogen) atoms. The SMILES string of the molecule is Cn1ccnc(N[C@@H]2C[C@H]2CO)c1=O. The Morgan fingerprint density at radius 1 is 1.79 bits per heavy atom. The van der Waals surface area contributed by atoms with E-state index in [-0.39, 0.29) is 24.1 Å². The largest absolute Gasteiger partial charge is 0.396 e. The Morgan fingerprint density at radius 2 is 2.57 bits per heavy atom. The molecule has 1 aliphatic rings. The first-order valence-corrected chi connectivity index (χ1v) is 4.61. The van der Waals surface area contributed by atoms with Crippen LogP contribution in [0.1, 0.15) is 6.42 Å². The van der Waals surface area contributed by atoms with Gasteiger partial charge in [-0.05, 0) is 6.42 Å². The minimum Gasteiger partial charge on any atom is -0.396 e. The maximum absolute atomic E-state index is 11.5. The van der Waals surface area contributed by atoms with Gasteiger partial charge in [0.2, 0.25) is 0 Å². The van der Waals surface area contributed by atoms with Gasteiger partial charge in [-0.3, -0.25) is 4.79 Å². The molecule has 0 saturated heterocycles. The molecule has 1 aliphatic carbocycles. The average molecular weight is 195 g/mol. The number of aryl methyl sites for hydroxylation is 1. The highest BCUT2D eigenvalue weighted by Crippen LogP contribution is 2.31. The number of anilines is 1. The van der Waals surface area contributed by atoms with E-state index in [1.54, 1.807) is 19.4 Å². The number of aliphatic hydroxyl groups is 1. The number of hydrogen-bond acceptors (Lipinski definition) is 4. The molecule has 0 aromatic carbocycles. The Morgan fingerprint density at radius 3 is 3.21 bits per heavy atom. The van der Waals surface area contributed by atoms with Gasteiger partial charge in [0, 0.05) is 38.0 Å². The van der Waals surface area contributed by atoms with Gasteiger partial charge >= 0.3 is 0 Å². The van der Waals surface area contributed by atoms with Crippen molar-refractivity contribution in [2.45, 2.75) is 12.5 Å².